The van der Waals surface area contributed by atoms with Crippen molar-refractivity contribution >= 4 is 5.65 Å². The van der Waals surface area contributed by atoms with E-state index < -0.39 is 0 Å². The highest BCUT2D eigenvalue weighted by molar-refractivity contribution is 5.42. The first kappa shape index (κ1) is 12.1. The standard InChI is InChI=1S/C13H19N3O/c1-3-15(6-7-17)10-12-9-14-13-8-11(2)4-5-16(12)13/h4-5,8-9,17H,3,6-7,10H2,1-2H3. The zero-order chi connectivity index (χ0) is 12.3. The van der Waals surface area contributed by atoms with E-state index >= 15 is 0 Å². The van der Waals surface area contributed by atoms with Crippen LogP contribution in [0.5, 0.6) is 0 Å². The summed E-state index contributed by atoms with van der Waals surface area (Å²) in [6.45, 7) is 6.82. The Morgan fingerprint density at radius 1 is 1.47 bits per heavy atom. The molecule has 2 rings (SSSR count). The second kappa shape index (κ2) is 5.29. The molecule has 0 aliphatic heterocycles. The molecule has 0 atom stereocenters. The molecular weight excluding hydrogens is 214 g/mol. The molecule has 0 saturated heterocycles. The Morgan fingerprint density at radius 3 is 3.00 bits per heavy atom. The van der Waals surface area contributed by atoms with Crippen LogP contribution in [0.15, 0.2) is 24.5 Å². The fraction of sp³-hybridized carbons (Fsp3) is 0.462. The van der Waals surface area contributed by atoms with Crippen LogP contribution >= 0.6 is 0 Å². The van der Waals surface area contributed by atoms with Gasteiger partial charge in [-0.25, -0.2) is 4.98 Å². The number of rotatable bonds is 5. The van der Waals surface area contributed by atoms with E-state index in [2.05, 4.69) is 46.5 Å². The fourth-order valence-corrected chi connectivity index (χ4v) is 1.97. The van der Waals surface area contributed by atoms with Crippen molar-refractivity contribution in [3.63, 3.8) is 0 Å². The Kier molecular flexibility index (Phi) is 3.76. The molecule has 0 fully saturated rings. The van der Waals surface area contributed by atoms with E-state index in [9.17, 15) is 0 Å². The molecule has 0 aliphatic carbocycles. The summed E-state index contributed by atoms with van der Waals surface area (Å²) in [6, 6.07) is 4.16. The maximum atomic E-state index is 8.98. The van der Waals surface area contributed by atoms with Crippen LogP contribution in [0.4, 0.5) is 0 Å². The van der Waals surface area contributed by atoms with Gasteiger partial charge in [-0.05, 0) is 31.2 Å². The molecule has 0 aliphatic rings. The third-order valence-electron chi connectivity index (χ3n) is 2.99. The van der Waals surface area contributed by atoms with Gasteiger partial charge in [0.15, 0.2) is 0 Å². The summed E-state index contributed by atoms with van der Waals surface area (Å²) in [5.74, 6) is 0. The number of imidazole rings is 1. The van der Waals surface area contributed by atoms with Gasteiger partial charge >= 0.3 is 0 Å². The normalized spacial score (nSPS) is 11.5. The van der Waals surface area contributed by atoms with Gasteiger partial charge in [0.2, 0.25) is 0 Å². The lowest BCUT2D eigenvalue weighted by Crippen LogP contribution is -2.26. The van der Waals surface area contributed by atoms with E-state index in [1.807, 2.05) is 6.20 Å². The maximum Gasteiger partial charge on any atom is 0.137 e. The minimum Gasteiger partial charge on any atom is -0.395 e. The Bertz CT molecular complexity index is 492. The highest BCUT2D eigenvalue weighted by Crippen LogP contribution is 2.10. The lowest BCUT2D eigenvalue weighted by atomic mass is 10.3. The Morgan fingerprint density at radius 2 is 2.29 bits per heavy atom. The van der Waals surface area contributed by atoms with Crippen molar-refractivity contribution in [2.75, 3.05) is 19.7 Å². The SMILES string of the molecule is CCN(CCO)Cc1cnc2cc(C)ccn12. The van der Waals surface area contributed by atoms with Gasteiger partial charge in [0.05, 0.1) is 18.5 Å². The highest BCUT2D eigenvalue weighted by Gasteiger charge is 2.07. The van der Waals surface area contributed by atoms with Crippen LogP contribution in [0.2, 0.25) is 0 Å². The number of aromatic nitrogens is 2. The van der Waals surface area contributed by atoms with E-state index in [-0.39, 0.29) is 6.61 Å². The van der Waals surface area contributed by atoms with Crippen LogP contribution in [0.3, 0.4) is 0 Å². The molecule has 2 aromatic heterocycles. The van der Waals surface area contributed by atoms with Crippen LogP contribution in [-0.2, 0) is 6.54 Å². The Balaban J connectivity index is 2.23. The van der Waals surface area contributed by atoms with Gasteiger partial charge in [0.1, 0.15) is 5.65 Å². The topological polar surface area (TPSA) is 40.8 Å². The predicted octanol–water partition coefficient (Wildman–Crippen LogP) is 1.46. The minimum atomic E-state index is 0.198. The van der Waals surface area contributed by atoms with Crippen molar-refractivity contribution in [3.05, 3.63) is 35.8 Å². The molecule has 0 amide bonds. The van der Waals surface area contributed by atoms with Crippen molar-refractivity contribution in [2.24, 2.45) is 0 Å². The van der Waals surface area contributed by atoms with E-state index in [0.29, 0.717) is 6.54 Å². The van der Waals surface area contributed by atoms with Gasteiger partial charge in [0, 0.05) is 19.3 Å². The van der Waals surface area contributed by atoms with Crippen molar-refractivity contribution in [3.8, 4) is 0 Å². The summed E-state index contributed by atoms with van der Waals surface area (Å²) in [7, 11) is 0. The second-order valence-corrected chi connectivity index (χ2v) is 4.27. The average Bonchev–Trinajstić information content (AvgIpc) is 2.71. The maximum absolute atomic E-state index is 8.98. The van der Waals surface area contributed by atoms with Gasteiger partial charge < -0.3 is 9.51 Å². The predicted molar refractivity (Wildman–Crippen MR) is 68.0 cm³/mol. The van der Waals surface area contributed by atoms with Crippen molar-refractivity contribution in [2.45, 2.75) is 20.4 Å². The number of pyridine rings is 1. The fourth-order valence-electron chi connectivity index (χ4n) is 1.97. The molecule has 0 aromatic carbocycles. The van der Waals surface area contributed by atoms with Crippen LogP contribution in [0, 0.1) is 6.92 Å². The highest BCUT2D eigenvalue weighted by atomic mass is 16.3. The van der Waals surface area contributed by atoms with Gasteiger partial charge in [-0.3, -0.25) is 4.90 Å². The molecule has 0 bridgehead atoms. The molecule has 4 nitrogen and oxygen atoms in total. The molecule has 2 aromatic rings. The Hall–Kier alpha value is -1.39. The molecule has 4 heteroatoms. The van der Waals surface area contributed by atoms with E-state index in [1.165, 1.54) is 5.56 Å². The van der Waals surface area contributed by atoms with Gasteiger partial charge in [0.25, 0.3) is 0 Å². The zero-order valence-corrected chi connectivity index (χ0v) is 10.4. The van der Waals surface area contributed by atoms with E-state index in [4.69, 9.17) is 5.11 Å². The van der Waals surface area contributed by atoms with Crippen molar-refractivity contribution < 1.29 is 5.11 Å². The second-order valence-electron chi connectivity index (χ2n) is 4.27. The molecule has 0 unspecified atom stereocenters. The van der Waals surface area contributed by atoms with E-state index in [0.717, 1.165) is 24.4 Å². The van der Waals surface area contributed by atoms with Crippen molar-refractivity contribution in [1.82, 2.24) is 14.3 Å². The minimum absolute atomic E-state index is 0.198. The number of hydrogen-bond donors (Lipinski definition) is 1. The number of aliphatic hydroxyl groups excluding tert-OH is 1. The summed E-state index contributed by atoms with van der Waals surface area (Å²) in [4.78, 5) is 6.60. The number of likely N-dealkylation sites (N-methyl/N-ethyl adjacent to an activating group) is 1. The quantitative estimate of drug-likeness (QED) is 0.850. The molecule has 1 N–H and O–H groups in total. The molecular formula is C13H19N3O. The van der Waals surface area contributed by atoms with Crippen LogP contribution in [0.1, 0.15) is 18.2 Å². The summed E-state index contributed by atoms with van der Waals surface area (Å²) < 4.78 is 2.10. The average molecular weight is 233 g/mol. The van der Waals surface area contributed by atoms with Crippen molar-refractivity contribution in [1.29, 1.82) is 0 Å². The molecule has 2 heterocycles. The van der Waals surface area contributed by atoms with Gasteiger partial charge in [-0.1, -0.05) is 6.92 Å². The number of fused-ring (bicyclic) bond motifs is 1. The Labute approximate surface area is 102 Å². The van der Waals surface area contributed by atoms with E-state index in [1.54, 1.807) is 0 Å². The largest absolute Gasteiger partial charge is 0.395 e. The van der Waals surface area contributed by atoms with Gasteiger partial charge in [-0.15, -0.1) is 0 Å². The summed E-state index contributed by atoms with van der Waals surface area (Å²) in [6.07, 6.45) is 3.97. The van der Waals surface area contributed by atoms with Crippen LogP contribution in [-0.4, -0.2) is 39.1 Å². The third kappa shape index (κ3) is 2.65. The monoisotopic (exact) mass is 233 g/mol. The lowest BCUT2D eigenvalue weighted by Gasteiger charge is -2.18. The zero-order valence-electron chi connectivity index (χ0n) is 10.4. The summed E-state index contributed by atoms with van der Waals surface area (Å²) in [5.41, 5.74) is 3.37. The number of hydrogen-bond acceptors (Lipinski definition) is 3. The number of nitrogens with zero attached hydrogens (tertiary/aromatic N) is 3. The first-order chi connectivity index (χ1) is 8.24. The molecule has 92 valence electrons. The molecule has 17 heavy (non-hydrogen) atoms. The first-order valence-corrected chi connectivity index (χ1v) is 6.00. The van der Waals surface area contributed by atoms with Gasteiger partial charge in [-0.2, -0.15) is 0 Å². The third-order valence-corrected chi connectivity index (χ3v) is 2.99. The van der Waals surface area contributed by atoms with Crippen LogP contribution in [0.25, 0.3) is 5.65 Å². The molecule has 0 spiro atoms. The molecule has 0 radical (unpaired) electrons. The molecule has 0 saturated carbocycles. The summed E-state index contributed by atoms with van der Waals surface area (Å²) in [5, 5.41) is 8.98. The number of aryl methyl sites for hydroxylation is 1. The smallest absolute Gasteiger partial charge is 0.137 e. The number of aliphatic hydroxyl groups is 1. The lowest BCUT2D eigenvalue weighted by molar-refractivity contribution is 0.195. The van der Waals surface area contributed by atoms with Crippen LogP contribution < -0.4 is 0 Å². The summed E-state index contributed by atoms with van der Waals surface area (Å²) >= 11 is 0. The first-order valence-electron chi connectivity index (χ1n) is 6.00.